The minimum absolute atomic E-state index is 0.0600. The number of hydrogen-bond donors (Lipinski definition) is 1. The first-order valence-electron chi connectivity index (χ1n) is 4.74. The average molecular weight is 184 g/mol. The topological polar surface area (TPSA) is 41.6 Å². The van der Waals surface area contributed by atoms with Crippen LogP contribution in [0.2, 0.25) is 0 Å². The smallest absolute Gasteiger partial charge is 0.243 e. The molecule has 0 unspecified atom stereocenters. The van der Waals surface area contributed by atoms with E-state index in [1.165, 1.54) is 24.1 Å². The van der Waals surface area contributed by atoms with Gasteiger partial charge in [-0.1, -0.05) is 31.8 Å². The van der Waals surface area contributed by atoms with Gasteiger partial charge in [-0.05, 0) is 6.42 Å². The second kappa shape index (κ2) is 5.59. The maximum atomic E-state index is 11.3. The lowest BCUT2D eigenvalue weighted by Crippen LogP contribution is -2.33. The van der Waals surface area contributed by atoms with Crippen molar-refractivity contribution in [2.45, 2.75) is 39.0 Å². The zero-order valence-corrected chi connectivity index (χ0v) is 7.95. The van der Waals surface area contributed by atoms with Crippen molar-refractivity contribution in [3.8, 4) is 0 Å². The Morgan fingerprint density at radius 3 is 2.92 bits per heavy atom. The summed E-state index contributed by atoms with van der Waals surface area (Å²) in [4.78, 5) is 16.0. The van der Waals surface area contributed by atoms with Crippen LogP contribution < -0.4 is 5.59 Å². The molecule has 74 valence electrons. The number of carbonyl (C=O) groups excluding carboxylic acids is 1. The lowest BCUT2D eigenvalue weighted by Gasteiger charge is -2.11. The number of hydrazine groups is 1. The zero-order valence-electron chi connectivity index (χ0n) is 7.95. The standard InChI is InChI=1S/C9H16N2O2/c1-2-3-4-5-6-9(12)11-7-8-13-10-11/h7-8,10H,2-6H2,1H3. The van der Waals surface area contributed by atoms with E-state index in [0.717, 1.165) is 12.8 Å². The molecule has 0 aliphatic carbocycles. The third kappa shape index (κ3) is 3.46. The summed E-state index contributed by atoms with van der Waals surface area (Å²) in [5, 5.41) is 1.37. The summed E-state index contributed by atoms with van der Waals surface area (Å²) in [6.45, 7) is 2.15. The highest BCUT2D eigenvalue weighted by Gasteiger charge is 2.13. The second-order valence-corrected chi connectivity index (χ2v) is 3.07. The number of nitrogens with one attached hydrogen (secondary N) is 1. The molecule has 1 amide bonds. The summed E-state index contributed by atoms with van der Waals surface area (Å²) in [6.07, 6.45) is 8.10. The monoisotopic (exact) mass is 184 g/mol. The molecule has 4 nitrogen and oxygen atoms in total. The fourth-order valence-corrected chi connectivity index (χ4v) is 1.17. The second-order valence-electron chi connectivity index (χ2n) is 3.07. The van der Waals surface area contributed by atoms with Gasteiger partial charge in [-0.15, -0.1) is 0 Å². The SMILES string of the molecule is CCCCCCC(=O)N1C=CON1. The van der Waals surface area contributed by atoms with Crippen molar-refractivity contribution >= 4 is 5.91 Å². The number of amides is 1. The first-order chi connectivity index (χ1) is 6.34. The molecule has 0 atom stereocenters. The molecular weight excluding hydrogens is 168 g/mol. The van der Waals surface area contributed by atoms with Gasteiger partial charge in [-0.2, -0.15) is 0 Å². The van der Waals surface area contributed by atoms with Crippen LogP contribution in [-0.4, -0.2) is 10.9 Å². The molecule has 0 saturated heterocycles. The average Bonchev–Trinajstić information content (AvgIpc) is 2.65. The maximum absolute atomic E-state index is 11.3. The third-order valence-electron chi connectivity index (χ3n) is 1.94. The van der Waals surface area contributed by atoms with E-state index in [-0.39, 0.29) is 5.91 Å². The van der Waals surface area contributed by atoms with Crippen molar-refractivity contribution in [3.05, 3.63) is 12.5 Å². The molecule has 1 aliphatic rings. The first kappa shape index (κ1) is 10.1. The number of carbonyl (C=O) groups is 1. The Bertz CT molecular complexity index is 192. The van der Waals surface area contributed by atoms with Gasteiger partial charge in [0.25, 0.3) is 0 Å². The molecule has 0 aromatic rings. The van der Waals surface area contributed by atoms with E-state index < -0.39 is 0 Å². The van der Waals surface area contributed by atoms with Gasteiger partial charge in [-0.3, -0.25) is 4.79 Å². The van der Waals surface area contributed by atoms with Gasteiger partial charge in [0, 0.05) is 6.42 Å². The molecule has 0 radical (unpaired) electrons. The normalized spacial score (nSPS) is 14.7. The molecule has 0 aromatic heterocycles. The predicted octanol–water partition coefficient (Wildman–Crippen LogP) is 1.71. The van der Waals surface area contributed by atoms with Crippen molar-refractivity contribution < 1.29 is 9.63 Å². The molecule has 0 bridgehead atoms. The van der Waals surface area contributed by atoms with Gasteiger partial charge in [0.2, 0.25) is 5.91 Å². The number of rotatable bonds is 5. The van der Waals surface area contributed by atoms with E-state index in [1.807, 2.05) is 0 Å². The highest BCUT2D eigenvalue weighted by atomic mass is 16.7. The third-order valence-corrected chi connectivity index (χ3v) is 1.94. The van der Waals surface area contributed by atoms with Crippen molar-refractivity contribution in [3.63, 3.8) is 0 Å². The fourth-order valence-electron chi connectivity index (χ4n) is 1.17. The summed E-state index contributed by atoms with van der Waals surface area (Å²) >= 11 is 0. The van der Waals surface area contributed by atoms with Crippen molar-refractivity contribution in [1.29, 1.82) is 0 Å². The van der Waals surface area contributed by atoms with Crippen LogP contribution in [-0.2, 0) is 9.63 Å². The Morgan fingerprint density at radius 2 is 2.31 bits per heavy atom. The molecule has 4 heteroatoms. The molecule has 1 N–H and O–H groups in total. The van der Waals surface area contributed by atoms with E-state index in [0.29, 0.717) is 6.42 Å². The largest absolute Gasteiger partial charge is 0.395 e. The summed E-state index contributed by atoms with van der Waals surface area (Å²) in [6, 6.07) is 0. The minimum Gasteiger partial charge on any atom is -0.395 e. The number of nitrogens with zero attached hydrogens (tertiary/aromatic N) is 1. The summed E-state index contributed by atoms with van der Waals surface area (Å²) in [5.74, 6) is 0.0600. The first-order valence-corrected chi connectivity index (χ1v) is 4.74. The van der Waals surface area contributed by atoms with Crippen LogP contribution in [0.15, 0.2) is 12.5 Å². The van der Waals surface area contributed by atoms with Gasteiger partial charge in [0.1, 0.15) is 6.26 Å². The quantitative estimate of drug-likeness (QED) is 0.661. The Labute approximate surface area is 78.5 Å². The molecule has 1 aliphatic heterocycles. The lowest BCUT2D eigenvalue weighted by molar-refractivity contribution is -0.136. The minimum atomic E-state index is 0.0600. The Morgan fingerprint density at radius 1 is 1.46 bits per heavy atom. The van der Waals surface area contributed by atoms with Crippen molar-refractivity contribution in [2.24, 2.45) is 0 Å². The lowest BCUT2D eigenvalue weighted by atomic mass is 10.1. The van der Waals surface area contributed by atoms with E-state index >= 15 is 0 Å². The molecule has 0 aromatic carbocycles. The molecular formula is C9H16N2O2. The van der Waals surface area contributed by atoms with Crippen LogP contribution in [0.3, 0.4) is 0 Å². The van der Waals surface area contributed by atoms with Gasteiger partial charge in [-0.25, -0.2) is 5.01 Å². The zero-order chi connectivity index (χ0) is 9.52. The Kier molecular flexibility index (Phi) is 4.32. The fraction of sp³-hybridized carbons (Fsp3) is 0.667. The number of unbranched alkanes of at least 4 members (excludes halogenated alkanes) is 3. The highest BCUT2D eigenvalue weighted by molar-refractivity contribution is 5.76. The van der Waals surface area contributed by atoms with Crippen molar-refractivity contribution in [1.82, 2.24) is 10.6 Å². The molecule has 0 spiro atoms. The van der Waals surface area contributed by atoms with Crippen molar-refractivity contribution in [2.75, 3.05) is 0 Å². The molecule has 0 saturated carbocycles. The summed E-state index contributed by atoms with van der Waals surface area (Å²) < 4.78 is 0. The Balaban J connectivity index is 2.07. The highest BCUT2D eigenvalue weighted by Crippen LogP contribution is 2.06. The van der Waals surface area contributed by atoms with Gasteiger partial charge < -0.3 is 4.84 Å². The molecule has 13 heavy (non-hydrogen) atoms. The van der Waals surface area contributed by atoms with Gasteiger partial charge in [0.05, 0.1) is 6.20 Å². The Hall–Kier alpha value is -1.03. The van der Waals surface area contributed by atoms with E-state index in [1.54, 1.807) is 6.20 Å². The van der Waals surface area contributed by atoms with Crippen LogP contribution in [0.1, 0.15) is 39.0 Å². The molecule has 1 rings (SSSR count). The molecule has 1 heterocycles. The maximum Gasteiger partial charge on any atom is 0.243 e. The summed E-state index contributed by atoms with van der Waals surface area (Å²) in [5.41, 5.74) is 2.47. The van der Waals surface area contributed by atoms with Crippen LogP contribution in [0.4, 0.5) is 0 Å². The van der Waals surface area contributed by atoms with Gasteiger partial charge in [0.15, 0.2) is 0 Å². The molecule has 0 fully saturated rings. The van der Waals surface area contributed by atoms with E-state index in [4.69, 9.17) is 0 Å². The number of hydrogen-bond acceptors (Lipinski definition) is 3. The van der Waals surface area contributed by atoms with E-state index in [9.17, 15) is 4.79 Å². The van der Waals surface area contributed by atoms with Gasteiger partial charge >= 0.3 is 0 Å². The van der Waals surface area contributed by atoms with Crippen LogP contribution in [0.25, 0.3) is 0 Å². The van der Waals surface area contributed by atoms with E-state index in [2.05, 4.69) is 17.4 Å². The van der Waals surface area contributed by atoms with Crippen LogP contribution >= 0.6 is 0 Å². The summed E-state index contributed by atoms with van der Waals surface area (Å²) in [7, 11) is 0. The van der Waals surface area contributed by atoms with Crippen LogP contribution in [0, 0.1) is 0 Å². The van der Waals surface area contributed by atoms with Crippen LogP contribution in [0.5, 0.6) is 0 Å². The predicted molar refractivity (Wildman–Crippen MR) is 49.0 cm³/mol.